The zero-order chi connectivity index (χ0) is 20.9. The average molecular weight is 405 g/mol. The first-order valence-electron chi connectivity index (χ1n) is 11.1. The Labute approximate surface area is 175 Å². The van der Waals surface area contributed by atoms with E-state index in [1.807, 2.05) is 12.1 Å². The van der Waals surface area contributed by atoms with E-state index in [9.17, 15) is 4.79 Å². The number of carbonyl (C=O) groups is 1. The predicted molar refractivity (Wildman–Crippen MR) is 116 cm³/mol. The normalized spacial score (nSPS) is 14.7. The fourth-order valence-electron chi connectivity index (χ4n) is 3.27. The minimum Gasteiger partial charge on any atom is -0.493 e. The van der Waals surface area contributed by atoms with Gasteiger partial charge in [0.05, 0.1) is 25.4 Å². The molecule has 1 aliphatic carbocycles. The lowest BCUT2D eigenvalue weighted by molar-refractivity contribution is -0.144. The molecule has 0 amide bonds. The van der Waals surface area contributed by atoms with E-state index in [1.54, 1.807) is 6.08 Å². The number of carbonyl (C=O) groups excluding carboxylic acids is 1. The Morgan fingerprint density at radius 2 is 1.48 bits per heavy atom. The Kier molecular flexibility index (Phi) is 10.5. The van der Waals surface area contributed by atoms with Crippen molar-refractivity contribution < 1.29 is 23.7 Å². The first-order chi connectivity index (χ1) is 14.2. The summed E-state index contributed by atoms with van der Waals surface area (Å²) < 4.78 is 23.4. The summed E-state index contributed by atoms with van der Waals surface area (Å²) in [7, 11) is 0. The minimum atomic E-state index is -0.320. The van der Waals surface area contributed by atoms with Crippen LogP contribution in [0.15, 0.2) is 18.2 Å². The van der Waals surface area contributed by atoms with Crippen molar-refractivity contribution in [2.75, 3.05) is 19.8 Å². The number of hydrogen-bond donors (Lipinski definition) is 0. The van der Waals surface area contributed by atoms with Crippen LogP contribution in [0.3, 0.4) is 0 Å². The SMILES string of the molecule is CCCOc1ccc(OCCC)c(OCCC)c1C=CC(=O)OC1CCCCC1. The van der Waals surface area contributed by atoms with Crippen molar-refractivity contribution in [3.63, 3.8) is 0 Å². The molecule has 5 heteroatoms. The van der Waals surface area contributed by atoms with E-state index < -0.39 is 0 Å². The maximum Gasteiger partial charge on any atom is 0.331 e. The van der Waals surface area contributed by atoms with Gasteiger partial charge in [-0.05, 0) is 63.2 Å². The van der Waals surface area contributed by atoms with Crippen molar-refractivity contribution in [2.45, 2.75) is 78.2 Å². The van der Waals surface area contributed by atoms with Crippen LogP contribution in [0, 0.1) is 0 Å². The lowest BCUT2D eigenvalue weighted by atomic mass is 9.98. The van der Waals surface area contributed by atoms with Crippen LogP contribution in [0.1, 0.15) is 77.7 Å². The third-order valence-electron chi connectivity index (χ3n) is 4.71. The van der Waals surface area contributed by atoms with E-state index in [2.05, 4.69) is 20.8 Å². The second-order valence-electron chi connectivity index (χ2n) is 7.38. The van der Waals surface area contributed by atoms with Gasteiger partial charge in [0.1, 0.15) is 11.9 Å². The number of benzene rings is 1. The van der Waals surface area contributed by atoms with Gasteiger partial charge in [-0.25, -0.2) is 4.79 Å². The van der Waals surface area contributed by atoms with Crippen LogP contribution in [-0.4, -0.2) is 31.9 Å². The second kappa shape index (κ2) is 13.1. The Morgan fingerprint density at radius 1 is 0.897 bits per heavy atom. The van der Waals surface area contributed by atoms with Crippen LogP contribution in [0.5, 0.6) is 17.2 Å². The van der Waals surface area contributed by atoms with Crippen LogP contribution in [0.25, 0.3) is 6.08 Å². The lowest BCUT2D eigenvalue weighted by Gasteiger charge is -2.21. The van der Waals surface area contributed by atoms with E-state index in [0.717, 1.165) is 50.5 Å². The van der Waals surface area contributed by atoms with Crippen molar-refractivity contribution in [1.29, 1.82) is 0 Å². The van der Waals surface area contributed by atoms with Crippen molar-refractivity contribution in [1.82, 2.24) is 0 Å². The fourth-order valence-corrected chi connectivity index (χ4v) is 3.27. The maximum atomic E-state index is 12.4. The van der Waals surface area contributed by atoms with Gasteiger partial charge < -0.3 is 18.9 Å². The summed E-state index contributed by atoms with van der Waals surface area (Å²) in [5.41, 5.74) is 0.723. The summed E-state index contributed by atoms with van der Waals surface area (Å²) >= 11 is 0. The smallest absolute Gasteiger partial charge is 0.331 e. The molecular weight excluding hydrogens is 368 g/mol. The van der Waals surface area contributed by atoms with Crippen LogP contribution in [0.4, 0.5) is 0 Å². The van der Waals surface area contributed by atoms with Gasteiger partial charge in [-0.1, -0.05) is 27.2 Å². The van der Waals surface area contributed by atoms with Gasteiger partial charge in [0.2, 0.25) is 0 Å². The molecule has 0 aliphatic heterocycles. The van der Waals surface area contributed by atoms with Gasteiger partial charge in [-0.3, -0.25) is 0 Å². The second-order valence-corrected chi connectivity index (χ2v) is 7.38. The molecule has 0 spiro atoms. The summed E-state index contributed by atoms with van der Waals surface area (Å²) in [6.07, 6.45) is 11.3. The molecular formula is C24H36O5. The molecule has 0 atom stereocenters. The van der Waals surface area contributed by atoms with Crippen LogP contribution >= 0.6 is 0 Å². The average Bonchev–Trinajstić information content (AvgIpc) is 2.74. The highest BCUT2D eigenvalue weighted by molar-refractivity contribution is 5.88. The molecule has 1 aromatic rings. The monoisotopic (exact) mass is 404 g/mol. The molecule has 0 radical (unpaired) electrons. The third-order valence-corrected chi connectivity index (χ3v) is 4.71. The number of hydrogen-bond acceptors (Lipinski definition) is 5. The molecule has 1 aromatic carbocycles. The standard InChI is InChI=1S/C24H36O5/c1-4-16-26-21-13-14-22(27-17-5-2)24(28-18-6-3)20(21)12-15-23(25)29-19-10-8-7-9-11-19/h12-15,19H,4-11,16-18H2,1-3H3. The van der Waals surface area contributed by atoms with Gasteiger partial charge in [0.25, 0.3) is 0 Å². The maximum absolute atomic E-state index is 12.4. The zero-order valence-corrected chi connectivity index (χ0v) is 18.2. The lowest BCUT2D eigenvalue weighted by Crippen LogP contribution is -2.19. The summed E-state index contributed by atoms with van der Waals surface area (Å²) in [6.45, 7) is 7.94. The van der Waals surface area contributed by atoms with Crippen molar-refractivity contribution in [3.8, 4) is 17.2 Å². The Morgan fingerprint density at radius 3 is 2.14 bits per heavy atom. The zero-order valence-electron chi connectivity index (χ0n) is 18.2. The molecule has 0 N–H and O–H groups in total. The van der Waals surface area contributed by atoms with Crippen LogP contribution in [0.2, 0.25) is 0 Å². The van der Waals surface area contributed by atoms with Crippen molar-refractivity contribution in [3.05, 3.63) is 23.8 Å². The van der Waals surface area contributed by atoms with Gasteiger partial charge in [0.15, 0.2) is 11.5 Å². The third kappa shape index (κ3) is 7.64. The summed E-state index contributed by atoms with van der Waals surface area (Å²) in [4.78, 5) is 12.4. The van der Waals surface area contributed by atoms with Crippen molar-refractivity contribution >= 4 is 12.0 Å². The topological polar surface area (TPSA) is 54.0 Å². The predicted octanol–water partition coefficient (Wildman–Crippen LogP) is 5.94. The van der Waals surface area contributed by atoms with Crippen LogP contribution in [-0.2, 0) is 9.53 Å². The molecule has 0 unspecified atom stereocenters. The Bertz CT molecular complexity index is 647. The van der Waals surface area contributed by atoms with Crippen LogP contribution < -0.4 is 14.2 Å². The molecule has 162 valence electrons. The molecule has 1 saturated carbocycles. The number of ether oxygens (including phenoxy) is 4. The highest BCUT2D eigenvalue weighted by Crippen LogP contribution is 2.39. The summed E-state index contributed by atoms with van der Waals surface area (Å²) in [5.74, 6) is 1.66. The van der Waals surface area contributed by atoms with E-state index >= 15 is 0 Å². The molecule has 0 saturated heterocycles. The quantitative estimate of drug-likeness (QED) is 0.319. The van der Waals surface area contributed by atoms with Gasteiger partial charge in [0, 0.05) is 6.08 Å². The Hall–Kier alpha value is -2.17. The van der Waals surface area contributed by atoms with E-state index in [0.29, 0.717) is 37.1 Å². The highest BCUT2D eigenvalue weighted by Gasteiger charge is 2.18. The number of rotatable bonds is 12. The van der Waals surface area contributed by atoms with Gasteiger partial charge >= 0.3 is 5.97 Å². The molecule has 0 bridgehead atoms. The molecule has 29 heavy (non-hydrogen) atoms. The van der Waals surface area contributed by atoms with Gasteiger partial charge in [-0.15, -0.1) is 0 Å². The number of esters is 1. The van der Waals surface area contributed by atoms with E-state index in [4.69, 9.17) is 18.9 Å². The van der Waals surface area contributed by atoms with Gasteiger partial charge in [-0.2, -0.15) is 0 Å². The molecule has 0 heterocycles. The molecule has 1 fully saturated rings. The summed E-state index contributed by atoms with van der Waals surface area (Å²) in [6, 6.07) is 3.76. The molecule has 0 aromatic heterocycles. The Balaban J connectivity index is 2.25. The summed E-state index contributed by atoms with van der Waals surface area (Å²) in [5, 5.41) is 0. The largest absolute Gasteiger partial charge is 0.493 e. The van der Waals surface area contributed by atoms with E-state index in [-0.39, 0.29) is 12.1 Å². The highest BCUT2D eigenvalue weighted by atomic mass is 16.5. The molecule has 2 rings (SSSR count). The molecule has 5 nitrogen and oxygen atoms in total. The first kappa shape index (κ1) is 23.1. The minimum absolute atomic E-state index is 0.0340. The molecule has 1 aliphatic rings. The van der Waals surface area contributed by atoms with Crippen molar-refractivity contribution in [2.24, 2.45) is 0 Å². The first-order valence-corrected chi connectivity index (χ1v) is 11.1. The fraction of sp³-hybridized carbons (Fsp3) is 0.625. The van der Waals surface area contributed by atoms with E-state index in [1.165, 1.54) is 12.5 Å².